The molecule has 2 saturated heterocycles. The number of thioether (sulfide) groups is 1. The molecule has 4 heterocycles. The molecule has 14 nitrogen and oxygen atoms in total. The standard InChI is InChI=1S/C28H30F2N6O8S/c29-15-5-1-3-13(7-15)17-9-35(33-31-17)21-23(39)19(11-37)43-27(25(21)41)45-28-26(42)22(24(40)20(12-38)44-28)36-10-18(32-34-36)14-4-2-6-16(30)8-14/h1-10,19-28,37-42H,11-12H2/t19-,20?,21?,22?,23?,24?,25?,26?,27+,28?/m1/s1. The van der Waals surface area contributed by atoms with Gasteiger partial charge in [-0.05, 0) is 24.3 Å². The first-order valence-corrected chi connectivity index (χ1v) is 14.9. The minimum atomic E-state index is -1.51. The van der Waals surface area contributed by atoms with Gasteiger partial charge in [-0.2, -0.15) is 0 Å². The zero-order chi connectivity index (χ0) is 31.8. The third-order valence-corrected chi connectivity index (χ3v) is 9.15. The average Bonchev–Trinajstić information content (AvgIpc) is 3.71. The van der Waals surface area contributed by atoms with Crippen molar-refractivity contribution < 1.29 is 48.9 Å². The molecule has 0 aliphatic carbocycles. The monoisotopic (exact) mass is 648 g/mol. The van der Waals surface area contributed by atoms with Gasteiger partial charge in [-0.25, -0.2) is 18.1 Å². The normalized spacial score (nSPS) is 32.1. The van der Waals surface area contributed by atoms with Crippen molar-refractivity contribution in [1.82, 2.24) is 30.0 Å². The van der Waals surface area contributed by atoms with Crippen LogP contribution in [0.3, 0.4) is 0 Å². The quantitative estimate of drug-likeness (QED) is 0.148. The number of benzene rings is 2. The van der Waals surface area contributed by atoms with Crippen LogP contribution in [-0.4, -0.2) is 121 Å². The topological polar surface area (TPSA) is 201 Å². The summed E-state index contributed by atoms with van der Waals surface area (Å²) in [6.07, 6.45) is -5.48. The van der Waals surface area contributed by atoms with Gasteiger partial charge in [-0.15, -0.1) is 10.2 Å². The molecule has 17 heteroatoms. The van der Waals surface area contributed by atoms with Gasteiger partial charge in [0, 0.05) is 11.1 Å². The molecule has 8 unspecified atom stereocenters. The Labute approximate surface area is 258 Å². The number of halogens is 2. The van der Waals surface area contributed by atoms with Crippen molar-refractivity contribution in [2.24, 2.45) is 0 Å². The highest BCUT2D eigenvalue weighted by Crippen LogP contribution is 2.42. The molecule has 4 aromatic rings. The van der Waals surface area contributed by atoms with Crippen molar-refractivity contribution in [3.8, 4) is 22.5 Å². The first-order chi connectivity index (χ1) is 21.7. The minimum Gasteiger partial charge on any atom is -0.394 e. The van der Waals surface area contributed by atoms with Crippen molar-refractivity contribution in [3.63, 3.8) is 0 Å². The summed E-state index contributed by atoms with van der Waals surface area (Å²) in [4.78, 5) is 0. The van der Waals surface area contributed by atoms with E-state index in [0.29, 0.717) is 11.1 Å². The number of aliphatic hydroxyl groups is 6. The van der Waals surface area contributed by atoms with Crippen LogP contribution in [0.1, 0.15) is 12.1 Å². The molecule has 0 amide bonds. The van der Waals surface area contributed by atoms with Crippen molar-refractivity contribution >= 4 is 11.8 Å². The number of aromatic nitrogens is 6. The summed E-state index contributed by atoms with van der Waals surface area (Å²) in [5.74, 6) is -0.978. The summed E-state index contributed by atoms with van der Waals surface area (Å²) in [6.45, 7) is -1.27. The van der Waals surface area contributed by atoms with Gasteiger partial charge >= 0.3 is 0 Å². The Kier molecular flexibility index (Phi) is 9.23. The van der Waals surface area contributed by atoms with E-state index in [9.17, 15) is 39.4 Å². The van der Waals surface area contributed by atoms with E-state index < -0.39 is 84.4 Å². The van der Waals surface area contributed by atoms with Crippen LogP contribution in [0.15, 0.2) is 60.9 Å². The van der Waals surface area contributed by atoms with Gasteiger partial charge in [0.1, 0.15) is 82.6 Å². The Bertz CT molecular complexity index is 1500. The number of ether oxygens (including phenoxy) is 2. The zero-order valence-electron chi connectivity index (χ0n) is 23.3. The van der Waals surface area contributed by atoms with Crippen LogP contribution in [0.2, 0.25) is 0 Å². The summed E-state index contributed by atoms with van der Waals surface area (Å²) in [7, 11) is 0. The van der Waals surface area contributed by atoms with Crippen LogP contribution in [0.25, 0.3) is 22.5 Å². The van der Waals surface area contributed by atoms with Gasteiger partial charge in [0.15, 0.2) is 0 Å². The summed E-state index contributed by atoms with van der Waals surface area (Å²) < 4.78 is 41.5. The van der Waals surface area contributed by atoms with Crippen LogP contribution < -0.4 is 0 Å². The molecule has 2 aromatic heterocycles. The molecule has 45 heavy (non-hydrogen) atoms. The van der Waals surface area contributed by atoms with Crippen molar-refractivity contribution in [3.05, 3.63) is 72.6 Å². The lowest BCUT2D eigenvalue weighted by Gasteiger charge is -2.46. The lowest BCUT2D eigenvalue weighted by atomic mass is 9.97. The Morgan fingerprint density at radius 3 is 1.47 bits per heavy atom. The Morgan fingerprint density at radius 1 is 0.667 bits per heavy atom. The van der Waals surface area contributed by atoms with E-state index in [-0.39, 0.29) is 11.4 Å². The fourth-order valence-corrected chi connectivity index (χ4v) is 6.84. The number of hydrogen-bond donors (Lipinski definition) is 6. The molecule has 6 N–H and O–H groups in total. The van der Waals surface area contributed by atoms with E-state index in [1.807, 2.05) is 0 Å². The number of rotatable bonds is 8. The Hall–Kier alpha value is -3.39. The fourth-order valence-electron chi connectivity index (χ4n) is 5.52. The van der Waals surface area contributed by atoms with E-state index >= 15 is 0 Å². The van der Waals surface area contributed by atoms with E-state index in [1.54, 1.807) is 12.1 Å². The van der Waals surface area contributed by atoms with Crippen molar-refractivity contribution in [2.45, 2.75) is 59.6 Å². The summed E-state index contributed by atoms with van der Waals surface area (Å²) >= 11 is 0.796. The molecule has 2 aliphatic rings. The van der Waals surface area contributed by atoms with Crippen molar-refractivity contribution in [1.29, 1.82) is 0 Å². The number of aliphatic hydroxyl groups excluding tert-OH is 6. The van der Waals surface area contributed by atoms with Gasteiger partial charge in [0.05, 0.1) is 25.6 Å². The van der Waals surface area contributed by atoms with Gasteiger partial charge in [-0.3, -0.25) is 0 Å². The molecule has 0 bridgehead atoms. The maximum absolute atomic E-state index is 13.8. The van der Waals surface area contributed by atoms with Crippen LogP contribution in [0.5, 0.6) is 0 Å². The Balaban J connectivity index is 1.25. The molecule has 2 aromatic carbocycles. The van der Waals surface area contributed by atoms with E-state index in [1.165, 1.54) is 58.2 Å². The minimum absolute atomic E-state index is 0.268. The number of hydrogen-bond acceptors (Lipinski definition) is 13. The maximum atomic E-state index is 13.8. The van der Waals surface area contributed by atoms with Gasteiger partial charge in [-0.1, -0.05) is 46.5 Å². The average molecular weight is 649 g/mol. The lowest BCUT2D eigenvalue weighted by molar-refractivity contribution is -0.189. The molecule has 0 spiro atoms. The largest absolute Gasteiger partial charge is 0.394 e. The van der Waals surface area contributed by atoms with E-state index in [2.05, 4.69) is 20.6 Å². The van der Waals surface area contributed by atoms with Crippen molar-refractivity contribution in [2.75, 3.05) is 13.2 Å². The second-order valence-electron chi connectivity index (χ2n) is 10.7. The molecule has 0 radical (unpaired) electrons. The third kappa shape index (κ3) is 6.23. The second kappa shape index (κ2) is 13.1. The first kappa shape index (κ1) is 31.6. The van der Waals surface area contributed by atoms with Crippen LogP contribution in [-0.2, 0) is 9.47 Å². The SMILES string of the molecule is OCC1OC(S[C@@H]2O[C@H](CO)C(O)C(n3cc(-c4cccc(F)c4)nn3)C2O)C(O)C(n2cc(-c3cccc(F)c3)nn2)C1O. The van der Waals surface area contributed by atoms with Crippen LogP contribution in [0.4, 0.5) is 8.78 Å². The van der Waals surface area contributed by atoms with Gasteiger partial charge in [0.2, 0.25) is 0 Å². The summed E-state index contributed by atoms with van der Waals surface area (Å²) in [6, 6.07) is 8.88. The third-order valence-electron chi connectivity index (χ3n) is 7.84. The Morgan fingerprint density at radius 2 is 1.09 bits per heavy atom. The molecular weight excluding hydrogens is 618 g/mol. The molecule has 0 saturated carbocycles. The predicted molar refractivity (Wildman–Crippen MR) is 152 cm³/mol. The first-order valence-electron chi connectivity index (χ1n) is 13.9. The molecule has 6 rings (SSSR count). The second-order valence-corrected chi connectivity index (χ2v) is 11.9. The van der Waals surface area contributed by atoms with Gasteiger partial charge < -0.3 is 40.1 Å². The fraction of sp³-hybridized carbons (Fsp3) is 0.429. The zero-order valence-corrected chi connectivity index (χ0v) is 24.1. The van der Waals surface area contributed by atoms with Crippen LogP contribution >= 0.6 is 11.8 Å². The van der Waals surface area contributed by atoms with E-state index in [4.69, 9.17) is 9.47 Å². The van der Waals surface area contributed by atoms with Gasteiger partial charge in [0.25, 0.3) is 0 Å². The molecule has 10 atom stereocenters. The highest BCUT2D eigenvalue weighted by atomic mass is 32.2. The number of nitrogens with zero attached hydrogens (tertiary/aromatic N) is 6. The van der Waals surface area contributed by atoms with Crippen LogP contribution in [0, 0.1) is 11.6 Å². The molecule has 2 aliphatic heterocycles. The highest BCUT2D eigenvalue weighted by molar-refractivity contribution is 8.00. The smallest absolute Gasteiger partial charge is 0.134 e. The molecule has 240 valence electrons. The van der Waals surface area contributed by atoms with E-state index in [0.717, 1.165) is 11.8 Å². The maximum Gasteiger partial charge on any atom is 0.134 e. The molecular formula is C28H30F2N6O8S. The predicted octanol–water partition coefficient (Wildman–Crippen LogP) is -0.125. The summed E-state index contributed by atoms with van der Waals surface area (Å²) in [5, 5.41) is 80.8. The lowest BCUT2D eigenvalue weighted by Crippen LogP contribution is -2.58. The highest BCUT2D eigenvalue weighted by Gasteiger charge is 2.51. The molecule has 2 fully saturated rings. The summed E-state index contributed by atoms with van der Waals surface area (Å²) in [5.41, 5.74) is -1.10.